The number of carbonyl (C=O) groups excluding carboxylic acids is 6. The van der Waals surface area contributed by atoms with Gasteiger partial charge >= 0.3 is 30.2 Å². The number of fused-ring (bicyclic) bond motifs is 5. The number of aliphatic hydroxyl groups is 2. The van der Waals surface area contributed by atoms with Crippen molar-refractivity contribution in [1.29, 1.82) is 0 Å². The highest BCUT2D eigenvalue weighted by molar-refractivity contribution is 7.10. The SMILES string of the molecule is CC(=O)O[C@@]12CO[C@@H]1C[C@H](OC(=O)OCc1ccccc1)[C@@]1(C)C(=O)[C@H](O)C3=C(C)[C@@H](OC(=O)[C@H](C)[C@@H](NC(=O)OC(C)(C)C)c4cccs4)C[C@@](O)([C@@H](OC(=O)c4ccccc4)C12)C3(C)C. The standard InChI is InChI=1S/C50H59NO15S/c1-27-32(62-42(55)28(2)37(33-21-16-22-67-33)51-44(57)66-46(4,5)6)24-50(59)41(64-43(56)31-19-14-11-15-20-31)39-48(9,40(54)38(53)36(27)47(50,7)8)34(23-35-49(39,26-61-35)65-29(3)52)63-45(58)60-25-30-17-12-10-13-18-30/h10-22,28,32,34-35,37-39,41,53,59H,23-26H2,1-9H3,(H,51,57)/t28-,32+,34+,35-,37-,38-,39?,41+,48-,49+,50-/m1/s1. The second kappa shape index (κ2) is 18.5. The minimum atomic E-state index is -2.36. The van der Waals surface area contributed by atoms with Crippen LogP contribution in [0.3, 0.4) is 0 Å². The van der Waals surface area contributed by atoms with E-state index in [0.29, 0.717) is 10.4 Å². The molecule has 3 aliphatic carbocycles. The number of aliphatic hydroxyl groups excluding tert-OH is 1. The molecule has 1 saturated heterocycles. The van der Waals surface area contributed by atoms with Gasteiger partial charge in [-0.15, -0.1) is 11.3 Å². The highest BCUT2D eigenvalue weighted by atomic mass is 32.1. The van der Waals surface area contributed by atoms with E-state index >= 15 is 4.79 Å². The van der Waals surface area contributed by atoms with Gasteiger partial charge in [-0.3, -0.25) is 14.4 Å². The number of ether oxygens (including phenoxy) is 7. The van der Waals surface area contributed by atoms with E-state index in [1.807, 2.05) is 0 Å². The normalized spacial score (nSPS) is 30.6. The lowest BCUT2D eigenvalue weighted by atomic mass is 9.44. The van der Waals surface area contributed by atoms with Crippen LogP contribution in [0.25, 0.3) is 0 Å². The van der Waals surface area contributed by atoms with E-state index < -0.39 is 118 Å². The zero-order chi connectivity index (χ0) is 48.9. The van der Waals surface area contributed by atoms with Crippen molar-refractivity contribution in [2.75, 3.05) is 6.61 Å². The molecule has 2 saturated carbocycles. The van der Waals surface area contributed by atoms with Crippen LogP contribution in [0.15, 0.2) is 89.3 Å². The number of thiophene rings is 1. The Hall–Kier alpha value is -5.62. The Kier molecular flexibility index (Phi) is 13.6. The summed E-state index contributed by atoms with van der Waals surface area (Å²) < 4.78 is 42.1. The summed E-state index contributed by atoms with van der Waals surface area (Å²) in [5, 5.41) is 31.0. The Morgan fingerprint density at radius 2 is 1.60 bits per heavy atom. The Morgan fingerprint density at radius 3 is 2.18 bits per heavy atom. The lowest BCUT2D eigenvalue weighted by molar-refractivity contribution is -0.346. The summed E-state index contributed by atoms with van der Waals surface area (Å²) in [6, 6.07) is 19.3. The quantitative estimate of drug-likeness (QED) is 0.101. The van der Waals surface area contributed by atoms with Gasteiger partial charge in [0.25, 0.3) is 0 Å². The summed E-state index contributed by atoms with van der Waals surface area (Å²) in [5.74, 6) is -6.08. The van der Waals surface area contributed by atoms with E-state index in [1.165, 1.54) is 30.4 Å². The predicted octanol–water partition coefficient (Wildman–Crippen LogP) is 6.96. The van der Waals surface area contributed by atoms with Crippen LogP contribution in [0.4, 0.5) is 9.59 Å². The summed E-state index contributed by atoms with van der Waals surface area (Å²) in [4.78, 5) is 85.2. The molecule has 1 aromatic heterocycles. The molecule has 1 amide bonds. The van der Waals surface area contributed by atoms with Crippen LogP contribution in [-0.4, -0.2) is 100 Å². The van der Waals surface area contributed by atoms with Crippen molar-refractivity contribution in [3.63, 3.8) is 0 Å². The van der Waals surface area contributed by atoms with Gasteiger partial charge in [-0.25, -0.2) is 14.4 Å². The lowest BCUT2D eigenvalue weighted by Crippen LogP contribution is -2.82. The van der Waals surface area contributed by atoms with Crippen LogP contribution < -0.4 is 5.32 Å². The number of carbonyl (C=O) groups is 6. The number of esters is 3. The molecule has 1 unspecified atom stereocenters. The Bertz CT molecular complexity index is 2400. The highest BCUT2D eigenvalue weighted by Crippen LogP contribution is 2.64. The van der Waals surface area contributed by atoms with E-state index in [2.05, 4.69) is 5.32 Å². The minimum Gasteiger partial charge on any atom is -0.457 e. The molecule has 2 aromatic carbocycles. The van der Waals surface area contributed by atoms with Crippen LogP contribution in [0.1, 0.15) is 102 Å². The van der Waals surface area contributed by atoms with Gasteiger partial charge in [0, 0.05) is 30.1 Å². The first kappa shape index (κ1) is 49.3. The Morgan fingerprint density at radius 1 is 0.940 bits per heavy atom. The van der Waals surface area contributed by atoms with Crippen LogP contribution >= 0.6 is 11.3 Å². The average molecular weight is 946 g/mol. The summed E-state index contributed by atoms with van der Waals surface area (Å²) in [7, 11) is 0. The number of hydrogen-bond acceptors (Lipinski definition) is 16. The number of Topliss-reactive ketones (excluding diaryl/α,β-unsaturated/α-hetero) is 1. The smallest absolute Gasteiger partial charge is 0.457 e. The highest BCUT2D eigenvalue weighted by Gasteiger charge is 2.79. The molecular weight excluding hydrogens is 887 g/mol. The molecule has 3 N–H and O–H groups in total. The Balaban J connectivity index is 1.35. The molecular formula is C50H59NO15S. The van der Waals surface area contributed by atoms with Gasteiger partial charge < -0.3 is 48.7 Å². The van der Waals surface area contributed by atoms with E-state index in [-0.39, 0.29) is 36.3 Å². The first-order valence-corrected chi connectivity index (χ1v) is 23.2. The molecule has 17 heteroatoms. The molecule has 7 rings (SSSR count). The van der Waals surface area contributed by atoms with Crippen molar-refractivity contribution >= 4 is 47.3 Å². The fraction of sp³-hybridized carbons (Fsp3) is 0.520. The van der Waals surface area contributed by atoms with Gasteiger partial charge in [0.15, 0.2) is 11.4 Å². The van der Waals surface area contributed by atoms with E-state index in [0.717, 1.165) is 6.92 Å². The largest absolute Gasteiger partial charge is 0.508 e. The number of nitrogens with one attached hydrogen (secondary N) is 1. The van der Waals surface area contributed by atoms with Crippen molar-refractivity contribution in [1.82, 2.24) is 5.32 Å². The van der Waals surface area contributed by atoms with Crippen molar-refractivity contribution < 1.29 is 72.1 Å². The maximum Gasteiger partial charge on any atom is 0.508 e. The van der Waals surface area contributed by atoms with Gasteiger partial charge in [-0.2, -0.15) is 0 Å². The minimum absolute atomic E-state index is 0.0299. The average Bonchev–Trinajstić information content (AvgIpc) is 3.80. The van der Waals surface area contributed by atoms with Crippen molar-refractivity contribution in [2.45, 2.75) is 135 Å². The monoisotopic (exact) mass is 945 g/mol. The van der Waals surface area contributed by atoms with Crippen molar-refractivity contribution in [3.05, 3.63) is 105 Å². The molecule has 67 heavy (non-hydrogen) atoms. The van der Waals surface area contributed by atoms with Crippen LogP contribution in [0.2, 0.25) is 0 Å². The molecule has 4 aliphatic rings. The van der Waals surface area contributed by atoms with Crippen molar-refractivity contribution in [2.24, 2.45) is 22.7 Å². The zero-order valence-electron chi connectivity index (χ0n) is 39.1. The van der Waals surface area contributed by atoms with Crippen LogP contribution in [-0.2, 0) is 54.1 Å². The van der Waals surface area contributed by atoms with E-state index in [4.69, 9.17) is 33.2 Å². The van der Waals surface area contributed by atoms with Crippen molar-refractivity contribution in [3.8, 4) is 0 Å². The fourth-order valence-electron chi connectivity index (χ4n) is 10.5. The third-order valence-corrected chi connectivity index (χ3v) is 14.9. The zero-order valence-corrected chi connectivity index (χ0v) is 39.9. The first-order chi connectivity index (χ1) is 31.4. The number of rotatable bonds is 11. The number of benzene rings is 2. The van der Waals surface area contributed by atoms with Crippen LogP contribution in [0.5, 0.6) is 0 Å². The number of amides is 1. The summed E-state index contributed by atoms with van der Waals surface area (Å²) >= 11 is 1.30. The molecule has 2 heterocycles. The second-order valence-corrected chi connectivity index (χ2v) is 20.6. The molecule has 360 valence electrons. The molecule has 1 aliphatic heterocycles. The molecule has 3 aromatic rings. The number of hydrogen-bond donors (Lipinski definition) is 3. The third kappa shape index (κ3) is 9.10. The van der Waals surface area contributed by atoms with E-state index in [1.54, 1.807) is 115 Å². The third-order valence-electron chi connectivity index (χ3n) is 14.0. The predicted molar refractivity (Wildman–Crippen MR) is 240 cm³/mol. The van der Waals surface area contributed by atoms with Gasteiger partial charge in [-0.1, -0.05) is 68.4 Å². The second-order valence-electron chi connectivity index (χ2n) is 19.6. The maximum atomic E-state index is 15.6. The Labute approximate surface area is 393 Å². The van der Waals surface area contributed by atoms with Gasteiger partial charge in [0.05, 0.1) is 35.5 Å². The van der Waals surface area contributed by atoms with Gasteiger partial charge in [0.2, 0.25) is 0 Å². The molecule has 2 bridgehead atoms. The lowest BCUT2D eigenvalue weighted by Gasteiger charge is -2.67. The van der Waals surface area contributed by atoms with E-state index in [9.17, 15) is 34.2 Å². The number of alkyl carbamates (subject to hydrolysis) is 1. The van der Waals surface area contributed by atoms with Gasteiger partial charge in [-0.05, 0) is 81.8 Å². The van der Waals surface area contributed by atoms with Gasteiger partial charge in [0.1, 0.15) is 48.3 Å². The maximum absolute atomic E-state index is 15.6. The molecule has 11 atom stereocenters. The molecule has 16 nitrogen and oxygen atoms in total. The molecule has 0 spiro atoms. The number of ketones is 1. The summed E-state index contributed by atoms with van der Waals surface area (Å²) in [5.41, 5.74) is -7.83. The summed E-state index contributed by atoms with van der Waals surface area (Å²) in [6.45, 7) is 13.5. The summed E-state index contributed by atoms with van der Waals surface area (Å²) in [6.07, 6.45) is -10.4. The first-order valence-electron chi connectivity index (χ1n) is 22.3. The molecule has 0 radical (unpaired) electrons. The topological polar surface area (TPSA) is 220 Å². The fourth-order valence-corrected chi connectivity index (χ4v) is 11.4. The van der Waals surface area contributed by atoms with Crippen LogP contribution in [0, 0.1) is 22.7 Å². The molecule has 3 fully saturated rings.